The van der Waals surface area contributed by atoms with Crippen molar-refractivity contribution in [2.45, 2.75) is 76.6 Å². The van der Waals surface area contributed by atoms with Crippen molar-refractivity contribution in [3.63, 3.8) is 0 Å². The van der Waals surface area contributed by atoms with Gasteiger partial charge in [0.05, 0.1) is 26.5 Å². The highest BCUT2D eigenvalue weighted by Crippen LogP contribution is 2.38. The second-order valence-corrected chi connectivity index (χ2v) is 11.8. The molecule has 0 radical (unpaired) electrons. The summed E-state index contributed by atoms with van der Waals surface area (Å²) in [6.07, 6.45) is 12.1. The van der Waals surface area contributed by atoms with Crippen LogP contribution in [-0.2, 0) is 6.42 Å². The zero-order valence-corrected chi connectivity index (χ0v) is 23.2. The molecule has 2 fully saturated rings. The fraction of sp³-hybridized carbons (Fsp3) is 0.536. The van der Waals surface area contributed by atoms with Crippen LogP contribution in [-0.4, -0.2) is 59.9 Å². The lowest BCUT2D eigenvalue weighted by Crippen LogP contribution is -2.37. The Bertz CT molecular complexity index is 1370. The molecule has 2 saturated carbocycles. The number of halogens is 2. The van der Waals surface area contributed by atoms with Gasteiger partial charge in [0, 0.05) is 37.8 Å². The van der Waals surface area contributed by atoms with Gasteiger partial charge in [-0.25, -0.2) is 15.0 Å². The molecule has 3 aromatic heterocycles. The standard InChI is InChI=1S/C28H35Cl2N7O/c1-17(38)36(10-3-2-4-26-34-24-13-22(29)23(30)14-25(24)35-26)15-18-5-8-20(12-18)37-11-9-21-27(33-19-6-7-19)31-16-32-28(21)37/h9,11,13-14,16-20,38H,2-8,10,12,15H2,1H3,(H,34,35)(H,31,32,33)/t17?,18-,20+/m1/s1. The first-order valence-electron chi connectivity index (χ1n) is 13.8. The molecule has 0 amide bonds. The number of aliphatic hydroxyl groups is 1. The van der Waals surface area contributed by atoms with Crippen LogP contribution in [0.25, 0.3) is 22.1 Å². The molecule has 0 bridgehead atoms. The molecule has 3 N–H and O–H groups in total. The Hall–Kier alpha value is -2.39. The largest absolute Gasteiger partial charge is 0.379 e. The molecule has 2 aliphatic carbocycles. The van der Waals surface area contributed by atoms with E-state index in [1.54, 1.807) is 12.4 Å². The van der Waals surface area contributed by atoms with Crippen LogP contribution in [0.5, 0.6) is 0 Å². The van der Waals surface area contributed by atoms with Gasteiger partial charge in [0.15, 0.2) is 0 Å². The smallest absolute Gasteiger partial charge is 0.145 e. The molecule has 3 atom stereocenters. The third-order valence-electron chi connectivity index (χ3n) is 8.04. The minimum absolute atomic E-state index is 0.437. The quantitative estimate of drug-likeness (QED) is 0.151. The number of fused-ring (bicyclic) bond motifs is 2. The topological polar surface area (TPSA) is 94.9 Å². The lowest BCUT2D eigenvalue weighted by molar-refractivity contribution is 0.00731. The summed E-state index contributed by atoms with van der Waals surface area (Å²) in [5, 5.41) is 16.2. The highest BCUT2D eigenvalue weighted by molar-refractivity contribution is 6.42. The molecule has 0 aliphatic heterocycles. The first kappa shape index (κ1) is 25.9. The van der Waals surface area contributed by atoms with E-state index in [1.807, 2.05) is 13.0 Å². The Labute approximate surface area is 232 Å². The summed E-state index contributed by atoms with van der Waals surface area (Å²) in [4.78, 5) is 19.3. The van der Waals surface area contributed by atoms with E-state index in [0.717, 1.165) is 85.3 Å². The third kappa shape index (κ3) is 5.64. The lowest BCUT2D eigenvalue weighted by atomic mass is 10.1. The second kappa shape index (κ2) is 11.0. The van der Waals surface area contributed by atoms with E-state index in [-0.39, 0.29) is 0 Å². The Morgan fingerprint density at radius 3 is 2.82 bits per heavy atom. The number of hydrogen-bond acceptors (Lipinski definition) is 6. The Balaban J connectivity index is 1.02. The molecule has 1 aromatic carbocycles. The van der Waals surface area contributed by atoms with Gasteiger partial charge in [0.2, 0.25) is 0 Å². The normalized spacial score (nSPS) is 20.7. The second-order valence-electron chi connectivity index (χ2n) is 11.0. The van der Waals surface area contributed by atoms with Gasteiger partial charge in [0.1, 0.15) is 29.8 Å². The van der Waals surface area contributed by atoms with Gasteiger partial charge in [-0.05, 0) is 76.0 Å². The van der Waals surface area contributed by atoms with Gasteiger partial charge in [-0.2, -0.15) is 0 Å². The molecule has 10 heteroatoms. The highest BCUT2D eigenvalue weighted by atomic mass is 35.5. The fourth-order valence-corrected chi connectivity index (χ4v) is 6.14. The van der Waals surface area contributed by atoms with Crippen LogP contribution in [0.4, 0.5) is 5.82 Å². The van der Waals surface area contributed by atoms with Crippen LogP contribution in [0.15, 0.2) is 30.7 Å². The molecule has 0 saturated heterocycles. The van der Waals surface area contributed by atoms with Crippen molar-refractivity contribution in [2.75, 3.05) is 18.4 Å². The average Bonchev–Trinajstić information content (AvgIpc) is 3.25. The summed E-state index contributed by atoms with van der Waals surface area (Å²) in [6, 6.07) is 6.78. The van der Waals surface area contributed by atoms with E-state index >= 15 is 0 Å². The van der Waals surface area contributed by atoms with Crippen LogP contribution in [0.2, 0.25) is 10.0 Å². The number of aryl methyl sites for hydroxylation is 1. The number of imidazole rings is 1. The van der Waals surface area contributed by atoms with Crippen molar-refractivity contribution < 1.29 is 5.11 Å². The third-order valence-corrected chi connectivity index (χ3v) is 8.76. The van der Waals surface area contributed by atoms with Gasteiger partial charge in [-0.1, -0.05) is 23.2 Å². The molecule has 4 aromatic rings. The number of H-pyrrole nitrogens is 1. The van der Waals surface area contributed by atoms with E-state index in [9.17, 15) is 5.11 Å². The van der Waals surface area contributed by atoms with Crippen molar-refractivity contribution in [1.29, 1.82) is 0 Å². The molecule has 3 heterocycles. The predicted octanol–water partition coefficient (Wildman–Crippen LogP) is 6.19. The summed E-state index contributed by atoms with van der Waals surface area (Å²) < 4.78 is 2.34. The molecule has 8 nitrogen and oxygen atoms in total. The number of aromatic nitrogens is 5. The van der Waals surface area contributed by atoms with Gasteiger partial charge in [0.25, 0.3) is 0 Å². The number of aromatic amines is 1. The Morgan fingerprint density at radius 1 is 1.16 bits per heavy atom. The van der Waals surface area contributed by atoms with Gasteiger partial charge in [-0.3, -0.25) is 4.90 Å². The first-order chi connectivity index (χ1) is 18.4. The number of unbranched alkanes of at least 4 members (excludes halogenated alkanes) is 1. The van der Waals surface area contributed by atoms with Crippen LogP contribution in [0.1, 0.15) is 63.7 Å². The fourth-order valence-electron chi connectivity index (χ4n) is 5.81. The number of hydrogen-bond donors (Lipinski definition) is 3. The lowest BCUT2D eigenvalue weighted by Gasteiger charge is -2.28. The van der Waals surface area contributed by atoms with E-state index < -0.39 is 6.23 Å². The van der Waals surface area contributed by atoms with Crippen molar-refractivity contribution >= 4 is 51.1 Å². The Morgan fingerprint density at radius 2 is 2.00 bits per heavy atom. The number of nitrogens with zero attached hydrogens (tertiary/aromatic N) is 5. The van der Waals surface area contributed by atoms with E-state index in [2.05, 4.69) is 47.0 Å². The SMILES string of the molecule is CC(O)N(CCCCc1nc2cc(Cl)c(Cl)cc2[nH]1)C[C@@H]1CC[C@H](n2ccc3c(NC4CC4)ncnc32)C1. The minimum Gasteiger partial charge on any atom is -0.379 e. The Kier molecular flexibility index (Phi) is 7.49. The zero-order chi connectivity index (χ0) is 26.2. The van der Waals surface area contributed by atoms with E-state index in [4.69, 9.17) is 23.2 Å². The van der Waals surface area contributed by atoms with Crippen LogP contribution < -0.4 is 5.32 Å². The molecule has 6 rings (SSSR count). The summed E-state index contributed by atoms with van der Waals surface area (Å²) in [7, 11) is 0. The number of aliphatic hydroxyl groups excluding tert-OH is 1. The highest BCUT2D eigenvalue weighted by Gasteiger charge is 2.30. The number of nitrogens with one attached hydrogen (secondary N) is 2. The maximum atomic E-state index is 10.5. The van der Waals surface area contributed by atoms with Crippen LogP contribution in [0.3, 0.4) is 0 Å². The molecule has 202 valence electrons. The van der Waals surface area contributed by atoms with Gasteiger partial charge < -0.3 is 20.0 Å². The summed E-state index contributed by atoms with van der Waals surface area (Å²) in [5.41, 5.74) is 2.78. The summed E-state index contributed by atoms with van der Waals surface area (Å²) in [5.74, 6) is 2.46. The van der Waals surface area contributed by atoms with E-state index in [0.29, 0.717) is 28.0 Å². The molecular formula is C28H35Cl2N7O. The first-order valence-corrected chi connectivity index (χ1v) is 14.5. The molecule has 2 aliphatic rings. The molecular weight excluding hydrogens is 521 g/mol. The summed E-state index contributed by atoms with van der Waals surface area (Å²) in [6.45, 7) is 3.66. The molecule has 0 spiro atoms. The number of anilines is 1. The predicted molar refractivity (Wildman–Crippen MR) is 153 cm³/mol. The molecule has 1 unspecified atom stereocenters. The van der Waals surface area contributed by atoms with Crippen molar-refractivity contribution in [3.8, 4) is 0 Å². The van der Waals surface area contributed by atoms with Crippen molar-refractivity contribution in [1.82, 2.24) is 29.4 Å². The maximum Gasteiger partial charge on any atom is 0.145 e. The number of rotatable bonds is 11. The summed E-state index contributed by atoms with van der Waals surface area (Å²) >= 11 is 12.2. The van der Waals surface area contributed by atoms with Crippen LogP contribution >= 0.6 is 23.2 Å². The average molecular weight is 557 g/mol. The van der Waals surface area contributed by atoms with E-state index in [1.165, 1.54) is 12.8 Å². The monoisotopic (exact) mass is 555 g/mol. The van der Waals surface area contributed by atoms with Crippen LogP contribution in [0, 0.1) is 5.92 Å². The maximum absolute atomic E-state index is 10.5. The van der Waals surface area contributed by atoms with Gasteiger partial charge in [-0.15, -0.1) is 0 Å². The minimum atomic E-state index is -0.458. The van der Waals surface area contributed by atoms with Gasteiger partial charge >= 0.3 is 0 Å². The number of benzene rings is 1. The van der Waals surface area contributed by atoms with Crippen molar-refractivity contribution in [2.24, 2.45) is 5.92 Å². The van der Waals surface area contributed by atoms with Crippen molar-refractivity contribution in [3.05, 3.63) is 46.6 Å². The molecule has 38 heavy (non-hydrogen) atoms. The zero-order valence-electron chi connectivity index (χ0n) is 21.7.